The molecule has 1 N–H and O–H groups in total. The van der Waals surface area contributed by atoms with E-state index in [1.54, 1.807) is 36.4 Å². The molecule has 1 atom stereocenters. The molecule has 1 aromatic heterocycles. The van der Waals surface area contributed by atoms with Crippen molar-refractivity contribution in [3.63, 3.8) is 0 Å². The molecular formula is C21H22ClN3O3. The summed E-state index contributed by atoms with van der Waals surface area (Å²) in [5.74, 6) is -0.309. The van der Waals surface area contributed by atoms with Gasteiger partial charge in [-0.3, -0.25) is 18.7 Å². The van der Waals surface area contributed by atoms with Crippen LogP contribution >= 0.6 is 11.6 Å². The fourth-order valence-corrected chi connectivity index (χ4v) is 3.19. The molecular weight excluding hydrogens is 378 g/mol. The van der Waals surface area contributed by atoms with Crippen LogP contribution in [-0.4, -0.2) is 15.0 Å². The topological polar surface area (TPSA) is 73.1 Å². The lowest BCUT2D eigenvalue weighted by Crippen LogP contribution is -2.43. The fourth-order valence-electron chi connectivity index (χ4n) is 3.07. The van der Waals surface area contributed by atoms with Crippen LogP contribution in [-0.2, 0) is 17.9 Å². The predicted octanol–water partition coefficient (Wildman–Crippen LogP) is 3.10. The van der Waals surface area contributed by atoms with Crippen molar-refractivity contribution in [3.8, 4) is 0 Å². The first-order chi connectivity index (χ1) is 13.4. The van der Waals surface area contributed by atoms with Gasteiger partial charge in [0.25, 0.3) is 5.56 Å². The summed E-state index contributed by atoms with van der Waals surface area (Å²) in [5, 5.41) is 3.86. The Hall–Kier alpha value is -2.86. The van der Waals surface area contributed by atoms with Crippen LogP contribution in [0.3, 0.4) is 0 Å². The van der Waals surface area contributed by atoms with E-state index in [9.17, 15) is 14.4 Å². The molecule has 3 rings (SSSR count). The summed E-state index contributed by atoms with van der Waals surface area (Å²) in [5.41, 5.74) is 0.561. The van der Waals surface area contributed by atoms with Crippen LogP contribution in [0, 0.1) is 0 Å². The van der Waals surface area contributed by atoms with Crippen molar-refractivity contribution in [1.29, 1.82) is 0 Å². The van der Waals surface area contributed by atoms with Crippen LogP contribution < -0.4 is 16.6 Å². The van der Waals surface area contributed by atoms with Crippen molar-refractivity contribution >= 4 is 28.4 Å². The summed E-state index contributed by atoms with van der Waals surface area (Å²) in [6.45, 7) is 3.90. The first kappa shape index (κ1) is 19.9. The zero-order chi connectivity index (χ0) is 20.3. The van der Waals surface area contributed by atoms with Gasteiger partial charge in [-0.05, 0) is 43.2 Å². The standard InChI is InChI=1S/C21H22ClN3O3/c1-3-14(2)25-20(27)17-6-4-5-7-18(17)24(21(25)28)13-19(26)23-12-15-8-10-16(22)11-9-15/h4-11,14H,3,12-13H2,1-2H3,(H,23,26)/t14-/m1/s1. The minimum Gasteiger partial charge on any atom is -0.350 e. The summed E-state index contributed by atoms with van der Waals surface area (Å²) in [7, 11) is 0. The molecule has 0 spiro atoms. The van der Waals surface area contributed by atoms with Crippen molar-refractivity contribution in [1.82, 2.24) is 14.5 Å². The SMILES string of the molecule is CC[C@@H](C)n1c(=O)c2ccccc2n(CC(=O)NCc2ccc(Cl)cc2)c1=O. The number of rotatable bonds is 6. The molecule has 7 heteroatoms. The molecule has 0 aliphatic rings. The highest BCUT2D eigenvalue weighted by atomic mass is 35.5. The van der Waals surface area contributed by atoms with Gasteiger partial charge in [-0.2, -0.15) is 0 Å². The smallest absolute Gasteiger partial charge is 0.332 e. The Morgan fingerprint density at radius 2 is 1.79 bits per heavy atom. The number of aromatic nitrogens is 2. The van der Waals surface area contributed by atoms with E-state index in [1.807, 2.05) is 26.0 Å². The lowest BCUT2D eigenvalue weighted by atomic mass is 10.2. The van der Waals surface area contributed by atoms with Gasteiger partial charge in [0.1, 0.15) is 6.54 Å². The van der Waals surface area contributed by atoms with Gasteiger partial charge in [0.2, 0.25) is 5.91 Å². The number of para-hydroxylation sites is 1. The van der Waals surface area contributed by atoms with Crippen molar-refractivity contribution in [3.05, 3.63) is 80.0 Å². The molecule has 0 unspecified atom stereocenters. The number of amides is 1. The Morgan fingerprint density at radius 3 is 2.46 bits per heavy atom. The maximum atomic E-state index is 13.0. The quantitative estimate of drug-likeness (QED) is 0.692. The van der Waals surface area contributed by atoms with Crippen LogP contribution in [0.2, 0.25) is 5.02 Å². The summed E-state index contributed by atoms with van der Waals surface area (Å²) in [6, 6.07) is 13.8. The van der Waals surface area contributed by atoms with Crippen molar-refractivity contribution < 1.29 is 4.79 Å². The first-order valence-corrected chi connectivity index (χ1v) is 9.55. The van der Waals surface area contributed by atoms with E-state index >= 15 is 0 Å². The largest absolute Gasteiger partial charge is 0.350 e. The van der Waals surface area contributed by atoms with E-state index in [-0.39, 0.29) is 24.1 Å². The minimum atomic E-state index is -0.473. The molecule has 1 heterocycles. The number of fused-ring (bicyclic) bond motifs is 1. The second-order valence-electron chi connectivity index (χ2n) is 6.72. The Balaban J connectivity index is 1.93. The first-order valence-electron chi connectivity index (χ1n) is 9.17. The van der Waals surface area contributed by atoms with E-state index < -0.39 is 5.69 Å². The number of halogens is 1. The molecule has 1 amide bonds. The molecule has 28 heavy (non-hydrogen) atoms. The number of carbonyl (C=O) groups is 1. The number of hydrogen-bond acceptors (Lipinski definition) is 3. The summed E-state index contributed by atoms with van der Waals surface area (Å²) >= 11 is 5.87. The highest BCUT2D eigenvalue weighted by Crippen LogP contribution is 2.11. The highest BCUT2D eigenvalue weighted by Gasteiger charge is 2.17. The highest BCUT2D eigenvalue weighted by molar-refractivity contribution is 6.30. The molecule has 0 saturated carbocycles. The van der Waals surface area contributed by atoms with E-state index in [1.165, 1.54) is 9.13 Å². The van der Waals surface area contributed by atoms with Gasteiger partial charge >= 0.3 is 5.69 Å². The summed E-state index contributed by atoms with van der Waals surface area (Å²) in [6.07, 6.45) is 0.635. The van der Waals surface area contributed by atoms with Crippen LogP contribution in [0.1, 0.15) is 31.9 Å². The van der Waals surface area contributed by atoms with Gasteiger partial charge in [0, 0.05) is 17.6 Å². The van der Waals surface area contributed by atoms with Crippen molar-refractivity contribution in [2.24, 2.45) is 0 Å². The Kier molecular flexibility index (Phi) is 5.99. The van der Waals surface area contributed by atoms with Gasteiger partial charge in [0.15, 0.2) is 0 Å². The fraction of sp³-hybridized carbons (Fsp3) is 0.286. The minimum absolute atomic E-state index is 0.163. The molecule has 0 aliphatic heterocycles. The molecule has 2 aromatic carbocycles. The predicted molar refractivity (Wildman–Crippen MR) is 111 cm³/mol. The monoisotopic (exact) mass is 399 g/mol. The average molecular weight is 400 g/mol. The number of nitrogens with zero attached hydrogens (tertiary/aromatic N) is 2. The third kappa shape index (κ3) is 4.02. The van der Waals surface area contributed by atoms with E-state index in [0.717, 1.165) is 5.56 Å². The lowest BCUT2D eigenvalue weighted by molar-refractivity contribution is -0.121. The van der Waals surface area contributed by atoms with Crippen molar-refractivity contribution in [2.45, 2.75) is 39.4 Å². The normalized spacial score (nSPS) is 12.1. The van der Waals surface area contributed by atoms with E-state index in [4.69, 9.17) is 11.6 Å². The number of nitrogens with one attached hydrogen (secondary N) is 1. The average Bonchev–Trinajstić information content (AvgIpc) is 2.70. The Labute approximate surface area is 167 Å². The molecule has 0 radical (unpaired) electrons. The summed E-state index contributed by atoms with van der Waals surface area (Å²) < 4.78 is 2.59. The molecule has 0 aliphatic carbocycles. The number of carbonyl (C=O) groups excluding carboxylic acids is 1. The zero-order valence-electron chi connectivity index (χ0n) is 15.8. The van der Waals surface area contributed by atoms with Gasteiger partial charge in [0.05, 0.1) is 10.9 Å². The second-order valence-corrected chi connectivity index (χ2v) is 7.16. The molecule has 3 aromatic rings. The van der Waals surface area contributed by atoms with Gasteiger partial charge in [-0.25, -0.2) is 4.79 Å². The zero-order valence-corrected chi connectivity index (χ0v) is 16.6. The van der Waals surface area contributed by atoms with Crippen molar-refractivity contribution in [2.75, 3.05) is 0 Å². The maximum Gasteiger partial charge on any atom is 0.332 e. The van der Waals surface area contributed by atoms with Gasteiger partial charge in [-0.1, -0.05) is 42.8 Å². The molecule has 0 bridgehead atoms. The number of hydrogen-bond donors (Lipinski definition) is 1. The van der Waals surface area contributed by atoms with Crippen LogP contribution in [0.4, 0.5) is 0 Å². The third-order valence-corrected chi connectivity index (χ3v) is 5.07. The van der Waals surface area contributed by atoms with Crippen LogP contribution in [0.25, 0.3) is 10.9 Å². The van der Waals surface area contributed by atoms with Crippen LogP contribution in [0.5, 0.6) is 0 Å². The van der Waals surface area contributed by atoms with E-state index in [2.05, 4.69) is 5.32 Å². The molecule has 6 nitrogen and oxygen atoms in total. The molecule has 0 saturated heterocycles. The second kappa shape index (κ2) is 8.44. The third-order valence-electron chi connectivity index (χ3n) is 4.82. The lowest BCUT2D eigenvalue weighted by Gasteiger charge is -2.17. The maximum absolute atomic E-state index is 13.0. The summed E-state index contributed by atoms with van der Waals surface area (Å²) in [4.78, 5) is 38.2. The van der Waals surface area contributed by atoms with Gasteiger partial charge < -0.3 is 5.32 Å². The van der Waals surface area contributed by atoms with Gasteiger partial charge in [-0.15, -0.1) is 0 Å². The number of benzene rings is 2. The Morgan fingerprint density at radius 1 is 1.11 bits per heavy atom. The van der Waals surface area contributed by atoms with Crippen LogP contribution in [0.15, 0.2) is 58.1 Å². The Bertz CT molecular complexity index is 1120. The molecule has 146 valence electrons. The molecule has 0 fully saturated rings. The van der Waals surface area contributed by atoms with E-state index in [0.29, 0.717) is 28.9 Å².